The summed E-state index contributed by atoms with van der Waals surface area (Å²) in [7, 11) is 0. The van der Waals surface area contributed by atoms with Gasteiger partial charge in [0.05, 0.1) is 6.54 Å². The zero-order chi connectivity index (χ0) is 18.4. The summed E-state index contributed by atoms with van der Waals surface area (Å²) in [6, 6.07) is 3.48. The molecule has 4 nitrogen and oxygen atoms in total. The lowest BCUT2D eigenvalue weighted by Gasteiger charge is -2.32. The van der Waals surface area contributed by atoms with E-state index in [-0.39, 0.29) is 36.6 Å². The van der Waals surface area contributed by atoms with Gasteiger partial charge in [-0.2, -0.15) is 0 Å². The normalized spacial score (nSPS) is 18.6. The predicted molar refractivity (Wildman–Crippen MR) is 97.8 cm³/mol. The van der Waals surface area contributed by atoms with Gasteiger partial charge in [0.25, 0.3) is 0 Å². The first-order valence-corrected chi connectivity index (χ1v) is 9.82. The molecule has 2 amide bonds. The Kier molecular flexibility index (Phi) is 8.77. The maximum absolute atomic E-state index is 14.1. The summed E-state index contributed by atoms with van der Waals surface area (Å²) >= 11 is 0. The van der Waals surface area contributed by atoms with Gasteiger partial charge >= 0.3 is 6.03 Å². The van der Waals surface area contributed by atoms with Crippen LogP contribution < -0.4 is 23.0 Å². The molecule has 1 aromatic rings. The van der Waals surface area contributed by atoms with E-state index < -0.39 is 11.6 Å². The van der Waals surface area contributed by atoms with E-state index in [1.807, 2.05) is 0 Å². The molecule has 0 radical (unpaired) electrons. The van der Waals surface area contributed by atoms with E-state index >= 15 is 0 Å². The van der Waals surface area contributed by atoms with Crippen molar-refractivity contribution in [3.8, 4) is 0 Å². The summed E-state index contributed by atoms with van der Waals surface area (Å²) in [6.07, 6.45) is 7.50. The van der Waals surface area contributed by atoms with Gasteiger partial charge in [-0.3, -0.25) is 0 Å². The lowest BCUT2D eigenvalue weighted by molar-refractivity contribution is -0.0000104. The first kappa shape index (κ1) is 21.9. The molecule has 2 aliphatic rings. The SMILES string of the molecule is O=C(NC1CCCCC1)N(Cc1cc(F)ccc1F)CC1CCNCC1.[Cl-]. The van der Waals surface area contributed by atoms with Crippen LogP contribution in [0.5, 0.6) is 0 Å². The van der Waals surface area contributed by atoms with Crippen molar-refractivity contribution >= 4 is 6.03 Å². The highest BCUT2D eigenvalue weighted by Gasteiger charge is 2.24. The van der Waals surface area contributed by atoms with E-state index in [0.717, 1.165) is 63.7 Å². The Morgan fingerprint density at radius 3 is 2.52 bits per heavy atom. The number of rotatable bonds is 5. The third-order valence-electron chi connectivity index (χ3n) is 5.53. The molecule has 2 fully saturated rings. The number of hydrogen-bond acceptors (Lipinski definition) is 2. The fourth-order valence-corrected chi connectivity index (χ4v) is 3.98. The van der Waals surface area contributed by atoms with Gasteiger partial charge in [0.15, 0.2) is 0 Å². The Morgan fingerprint density at radius 2 is 1.81 bits per heavy atom. The summed E-state index contributed by atoms with van der Waals surface area (Å²) in [5.74, 6) is -0.548. The summed E-state index contributed by atoms with van der Waals surface area (Å²) in [5, 5.41) is 6.44. The molecule has 0 unspecified atom stereocenters. The number of hydrogen-bond donors (Lipinski definition) is 2. The molecule has 1 aliphatic carbocycles. The minimum Gasteiger partial charge on any atom is -1.00 e. The average Bonchev–Trinajstić information content (AvgIpc) is 2.66. The summed E-state index contributed by atoms with van der Waals surface area (Å²) in [4.78, 5) is 14.5. The smallest absolute Gasteiger partial charge is 0.317 e. The number of nitrogens with zero attached hydrogens (tertiary/aromatic N) is 1. The summed E-state index contributed by atoms with van der Waals surface area (Å²) in [5.41, 5.74) is 0.234. The van der Waals surface area contributed by atoms with Crippen molar-refractivity contribution in [2.75, 3.05) is 19.6 Å². The standard InChI is InChI=1S/C20H29F2N3O.ClH/c21-17-6-7-19(22)16(12-17)14-25(13-15-8-10-23-11-9-15)20(26)24-18-4-2-1-3-5-18;/h6-7,12,15,18,23H,1-5,8-11,13-14H2,(H,24,26);1H/p-1. The largest absolute Gasteiger partial charge is 1.00 e. The van der Waals surface area contributed by atoms with Crippen LogP contribution in [-0.4, -0.2) is 36.6 Å². The fraction of sp³-hybridized carbons (Fsp3) is 0.650. The van der Waals surface area contributed by atoms with Crippen LogP contribution in [0.4, 0.5) is 13.6 Å². The molecule has 1 heterocycles. The molecule has 7 heteroatoms. The molecule has 0 aromatic heterocycles. The maximum atomic E-state index is 14.1. The number of urea groups is 1. The van der Waals surface area contributed by atoms with E-state index in [2.05, 4.69) is 10.6 Å². The number of benzene rings is 1. The Hall–Kier alpha value is -1.40. The second-order valence-corrected chi connectivity index (χ2v) is 7.59. The molecular weight excluding hydrogens is 372 g/mol. The van der Waals surface area contributed by atoms with Gasteiger partial charge in [0, 0.05) is 18.2 Å². The number of piperidine rings is 1. The Labute approximate surface area is 166 Å². The van der Waals surface area contributed by atoms with Crippen molar-refractivity contribution < 1.29 is 26.0 Å². The highest BCUT2D eigenvalue weighted by atomic mass is 35.5. The quantitative estimate of drug-likeness (QED) is 0.768. The van der Waals surface area contributed by atoms with E-state index in [1.165, 1.54) is 12.5 Å². The van der Waals surface area contributed by atoms with Gasteiger partial charge in [-0.1, -0.05) is 19.3 Å². The van der Waals surface area contributed by atoms with Gasteiger partial charge in [0.2, 0.25) is 0 Å². The van der Waals surface area contributed by atoms with Gasteiger partial charge in [-0.05, 0) is 62.9 Å². The van der Waals surface area contributed by atoms with E-state index in [1.54, 1.807) is 4.90 Å². The lowest BCUT2D eigenvalue weighted by Crippen LogP contribution is -3.00. The van der Waals surface area contributed by atoms with Crippen LogP contribution >= 0.6 is 0 Å². The first-order chi connectivity index (χ1) is 12.6. The van der Waals surface area contributed by atoms with Crippen molar-refractivity contribution in [1.29, 1.82) is 0 Å². The fourth-order valence-electron chi connectivity index (χ4n) is 3.98. The molecule has 1 saturated heterocycles. The topological polar surface area (TPSA) is 44.4 Å². The predicted octanol–water partition coefficient (Wildman–Crippen LogP) is 0.813. The van der Waals surface area contributed by atoms with Crippen molar-refractivity contribution in [3.05, 3.63) is 35.4 Å². The molecule has 152 valence electrons. The van der Waals surface area contributed by atoms with Gasteiger partial charge < -0.3 is 27.9 Å². The molecule has 1 aromatic carbocycles. The molecule has 27 heavy (non-hydrogen) atoms. The highest BCUT2D eigenvalue weighted by molar-refractivity contribution is 5.74. The van der Waals surface area contributed by atoms with E-state index in [4.69, 9.17) is 0 Å². The maximum Gasteiger partial charge on any atom is 0.317 e. The van der Waals surface area contributed by atoms with Crippen LogP contribution in [0.25, 0.3) is 0 Å². The minimum absolute atomic E-state index is 0. The van der Waals surface area contributed by atoms with E-state index in [0.29, 0.717) is 12.5 Å². The summed E-state index contributed by atoms with van der Waals surface area (Å²) in [6.45, 7) is 2.57. The molecule has 1 aliphatic heterocycles. The Morgan fingerprint density at radius 1 is 1.11 bits per heavy atom. The molecule has 0 spiro atoms. The second kappa shape index (κ2) is 10.8. The van der Waals surface area contributed by atoms with E-state index in [9.17, 15) is 13.6 Å². The monoisotopic (exact) mass is 400 g/mol. The number of carbonyl (C=O) groups is 1. The number of carbonyl (C=O) groups excluding carboxylic acids is 1. The molecule has 0 atom stereocenters. The first-order valence-electron chi connectivity index (χ1n) is 9.82. The third-order valence-corrected chi connectivity index (χ3v) is 5.53. The summed E-state index contributed by atoms with van der Waals surface area (Å²) < 4.78 is 27.6. The number of amides is 2. The van der Waals surface area contributed by atoms with Gasteiger partial charge in [0.1, 0.15) is 11.6 Å². The number of halogens is 3. The van der Waals surface area contributed by atoms with Gasteiger partial charge in [-0.15, -0.1) is 0 Å². The lowest BCUT2D eigenvalue weighted by atomic mass is 9.95. The molecular formula is C20H29ClF2N3O-. The highest BCUT2D eigenvalue weighted by Crippen LogP contribution is 2.20. The Bertz CT molecular complexity index is 605. The molecule has 2 N–H and O–H groups in total. The van der Waals surface area contributed by atoms with Crippen molar-refractivity contribution in [1.82, 2.24) is 15.5 Å². The number of nitrogens with one attached hydrogen (secondary N) is 2. The average molecular weight is 401 g/mol. The zero-order valence-electron chi connectivity index (χ0n) is 15.7. The van der Waals surface area contributed by atoms with Crippen LogP contribution in [0.15, 0.2) is 18.2 Å². The molecule has 3 rings (SSSR count). The Balaban J connectivity index is 0.00000261. The van der Waals surface area contributed by atoms with Crippen LogP contribution in [0, 0.1) is 17.6 Å². The third kappa shape index (κ3) is 6.61. The van der Waals surface area contributed by atoms with Crippen LogP contribution in [-0.2, 0) is 6.54 Å². The second-order valence-electron chi connectivity index (χ2n) is 7.59. The zero-order valence-corrected chi connectivity index (χ0v) is 16.4. The molecule has 0 bridgehead atoms. The van der Waals surface area contributed by atoms with Gasteiger partial charge in [-0.25, -0.2) is 13.6 Å². The molecule has 1 saturated carbocycles. The van der Waals surface area contributed by atoms with Crippen LogP contribution in [0.1, 0.15) is 50.5 Å². The minimum atomic E-state index is -0.476. The van der Waals surface area contributed by atoms with Crippen LogP contribution in [0.2, 0.25) is 0 Å². The van der Waals surface area contributed by atoms with Crippen molar-refractivity contribution in [3.63, 3.8) is 0 Å². The van der Waals surface area contributed by atoms with Crippen molar-refractivity contribution in [2.24, 2.45) is 5.92 Å². The van der Waals surface area contributed by atoms with Crippen LogP contribution in [0.3, 0.4) is 0 Å². The van der Waals surface area contributed by atoms with Crippen molar-refractivity contribution in [2.45, 2.75) is 57.5 Å².